The minimum atomic E-state index is 0.562. The van der Waals surface area contributed by atoms with E-state index in [0.717, 1.165) is 39.0 Å². The van der Waals surface area contributed by atoms with E-state index in [0.29, 0.717) is 11.9 Å². The molecular formula is C11H25N3O. The minimum absolute atomic E-state index is 0.562. The van der Waals surface area contributed by atoms with Crippen LogP contribution in [0.1, 0.15) is 33.1 Å². The molecule has 0 fully saturated rings. The standard InChI is InChI=1S/C11H25N3O/c1-10(2)9-14-11(12)13-7-5-4-6-8-15-3/h10H,4-9H2,1-3H3,(H3,12,13,14). The van der Waals surface area contributed by atoms with Gasteiger partial charge >= 0.3 is 0 Å². The third kappa shape index (κ3) is 11.2. The van der Waals surface area contributed by atoms with Crippen molar-refractivity contribution in [1.29, 1.82) is 0 Å². The molecule has 15 heavy (non-hydrogen) atoms. The van der Waals surface area contributed by atoms with Gasteiger partial charge in [0.15, 0.2) is 5.96 Å². The van der Waals surface area contributed by atoms with E-state index < -0.39 is 0 Å². The Bertz CT molecular complexity index is 169. The molecule has 0 heterocycles. The Morgan fingerprint density at radius 3 is 2.67 bits per heavy atom. The van der Waals surface area contributed by atoms with Crippen LogP contribution in [0.3, 0.4) is 0 Å². The lowest BCUT2D eigenvalue weighted by molar-refractivity contribution is 0.192. The highest BCUT2D eigenvalue weighted by atomic mass is 16.5. The van der Waals surface area contributed by atoms with E-state index in [1.165, 1.54) is 0 Å². The lowest BCUT2D eigenvalue weighted by Crippen LogP contribution is -2.32. The van der Waals surface area contributed by atoms with Gasteiger partial charge in [-0.15, -0.1) is 0 Å². The summed E-state index contributed by atoms with van der Waals surface area (Å²) >= 11 is 0. The van der Waals surface area contributed by atoms with Crippen LogP contribution >= 0.6 is 0 Å². The minimum Gasteiger partial charge on any atom is -0.385 e. The molecule has 0 aromatic rings. The van der Waals surface area contributed by atoms with Gasteiger partial charge in [0.05, 0.1) is 0 Å². The number of hydrogen-bond donors (Lipinski definition) is 2. The van der Waals surface area contributed by atoms with Gasteiger partial charge < -0.3 is 15.8 Å². The second-order valence-electron chi connectivity index (χ2n) is 4.10. The number of rotatable bonds is 8. The number of ether oxygens (including phenoxy) is 1. The Kier molecular flexibility index (Phi) is 9.27. The Labute approximate surface area is 93.3 Å². The smallest absolute Gasteiger partial charge is 0.188 e. The molecule has 0 aromatic heterocycles. The maximum absolute atomic E-state index is 5.68. The van der Waals surface area contributed by atoms with E-state index in [1.54, 1.807) is 7.11 Å². The third-order valence-electron chi connectivity index (χ3n) is 1.96. The molecule has 3 N–H and O–H groups in total. The van der Waals surface area contributed by atoms with Crippen LogP contribution in [-0.2, 0) is 4.74 Å². The monoisotopic (exact) mass is 215 g/mol. The van der Waals surface area contributed by atoms with Crippen LogP contribution in [-0.4, -0.2) is 32.8 Å². The van der Waals surface area contributed by atoms with Gasteiger partial charge in [0.25, 0.3) is 0 Å². The summed E-state index contributed by atoms with van der Waals surface area (Å²) in [6.45, 7) is 6.79. The maximum atomic E-state index is 5.68. The van der Waals surface area contributed by atoms with E-state index in [2.05, 4.69) is 24.2 Å². The molecule has 90 valence electrons. The lowest BCUT2D eigenvalue weighted by Gasteiger charge is -2.06. The number of methoxy groups -OCH3 is 1. The number of nitrogens with zero attached hydrogens (tertiary/aromatic N) is 1. The summed E-state index contributed by atoms with van der Waals surface area (Å²) in [7, 11) is 1.73. The highest BCUT2D eigenvalue weighted by Gasteiger charge is 1.94. The van der Waals surface area contributed by atoms with Crippen LogP contribution in [0.5, 0.6) is 0 Å². The molecule has 0 spiro atoms. The van der Waals surface area contributed by atoms with Crippen LogP contribution in [0, 0.1) is 5.92 Å². The van der Waals surface area contributed by atoms with Gasteiger partial charge in [-0.3, -0.25) is 4.99 Å². The molecule has 0 aliphatic heterocycles. The zero-order chi connectivity index (χ0) is 11.5. The molecular weight excluding hydrogens is 190 g/mol. The van der Waals surface area contributed by atoms with Crippen LogP contribution in [0.4, 0.5) is 0 Å². The van der Waals surface area contributed by atoms with Gasteiger partial charge in [-0.2, -0.15) is 0 Å². The quantitative estimate of drug-likeness (QED) is 0.365. The fourth-order valence-electron chi connectivity index (χ4n) is 1.10. The molecule has 4 nitrogen and oxygen atoms in total. The number of aliphatic imine (C=N–C) groups is 1. The SMILES string of the molecule is COCCCCCNC(N)=NCC(C)C. The molecule has 0 radical (unpaired) electrons. The van der Waals surface area contributed by atoms with Crippen molar-refractivity contribution in [3.05, 3.63) is 0 Å². The molecule has 0 bridgehead atoms. The summed E-state index contributed by atoms with van der Waals surface area (Å²) in [5.41, 5.74) is 5.68. The lowest BCUT2D eigenvalue weighted by atomic mass is 10.2. The fraction of sp³-hybridized carbons (Fsp3) is 0.909. The van der Waals surface area contributed by atoms with Crippen molar-refractivity contribution in [2.75, 3.05) is 26.8 Å². The van der Waals surface area contributed by atoms with Gasteiger partial charge in [0.2, 0.25) is 0 Å². The van der Waals surface area contributed by atoms with Crippen molar-refractivity contribution < 1.29 is 4.74 Å². The van der Waals surface area contributed by atoms with Gasteiger partial charge in [-0.25, -0.2) is 0 Å². The molecule has 0 aromatic carbocycles. The molecule has 4 heteroatoms. The summed E-state index contributed by atoms with van der Waals surface area (Å²) in [6.07, 6.45) is 3.39. The molecule has 0 unspecified atom stereocenters. The first kappa shape index (κ1) is 14.2. The van der Waals surface area contributed by atoms with E-state index in [9.17, 15) is 0 Å². The summed E-state index contributed by atoms with van der Waals surface area (Å²) in [5, 5.41) is 3.10. The van der Waals surface area contributed by atoms with E-state index in [1.807, 2.05) is 0 Å². The van der Waals surface area contributed by atoms with E-state index in [-0.39, 0.29) is 0 Å². The average Bonchev–Trinajstić information content (AvgIpc) is 2.20. The molecule has 0 saturated heterocycles. The van der Waals surface area contributed by atoms with Crippen molar-refractivity contribution in [2.24, 2.45) is 16.6 Å². The summed E-state index contributed by atoms with van der Waals surface area (Å²) in [4.78, 5) is 4.22. The molecule has 0 rings (SSSR count). The van der Waals surface area contributed by atoms with Crippen molar-refractivity contribution in [1.82, 2.24) is 5.32 Å². The second-order valence-corrected chi connectivity index (χ2v) is 4.10. The Hall–Kier alpha value is -0.770. The number of hydrogen-bond acceptors (Lipinski definition) is 2. The number of nitrogens with one attached hydrogen (secondary N) is 1. The van der Waals surface area contributed by atoms with Gasteiger partial charge in [0.1, 0.15) is 0 Å². The highest BCUT2D eigenvalue weighted by molar-refractivity contribution is 5.77. The van der Waals surface area contributed by atoms with Crippen molar-refractivity contribution in [3.63, 3.8) is 0 Å². The zero-order valence-electron chi connectivity index (χ0n) is 10.3. The predicted molar refractivity (Wildman–Crippen MR) is 65.1 cm³/mol. The molecule has 0 saturated carbocycles. The van der Waals surface area contributed by atoms with Crippen LogP contribution in [0.2, 0.25) is 0 Å². The third-order valence-corrected chi connectivity index (χ3v) is 1.96. The topological polar surface area (TPSA) is 59.6 Å². The van der Waals surface area contributed by atoms with Gasteiger partial charge in [-0.1, -0.05) is 13.8 Å². The largest absolute Gasteiger partial charge is 0.385 e. The first-order valence-electron chi connectivity index (χ1n) is 5.69. The average molecular weight is 215 g/mol. The first-order valence-corrected chi connectivity index (χ1v) is 5.69. The van der Waals surface area contributed by atoms with Crippen LogP contribution in [0.15, 0.2) is 4.99 Å². The first-order chi connectivity index (χ1) is 7.16. The Balaban J connectivity index is 3.30. The predicted octanol–water partition coefficient (Wildman–Crippen LogP) is 1.36. The molecule has 0 amide bonds. The van der Waals surface area contributed by atoms with Crippen molar-refractivity contribution in [3.8, 4) is 0 Å². The summed E-state index contributed by atoms with van der Waals surface area (Å²) in [5.74, 6) is 1.13. The van der Waals surface area contributed by atoms with E-state index >= 15 is 0 Å². The summed E-state index contributed by atoms with van der Waals surface area (Å²) < 4.78 is 4.97. The number of nitrogens with two attached hydrogens (primary N) is 1. The molecule has 0 aliphatic rings. The zero-order valence-corrected chi connectivity index (χ0v) is 10.3. The van der Waals surface area contributed by atoms with Gasteiger partial charge in [0, 0.05) is 26.8 Å². The Morgan fingerprint density at radius 2 is 2.07 bits per heavy atom. The van der Waals surface area contributed by atoms with E-state index in [4.69, 9.17) is 10.5 Å². The maximum Gasteiger partial charge on any atom is 0.188 e. The summed E-state index contributed by atoms with van der Waals surface area (Å²) in [6, 6.07) is 0. The highest BCUT2D eigenvalue weighted by Crippen LogP contribution is 1.94. The molecule has 0 atom stereocenters. The fourth-order valence-corrected chi connectivity index (χ4v) is 1.10. The molecule has 0 aliphatic carbocycles. The van der Waals surface area contributed by atoms with Gasteiger partial charge in [-0.05, 0) is 25.2 Å². The number of guanidine groups is 1. The van der Waals surface area contributed by atoms with Crippen LogP contribution < -0.4 is 11.1 Å². The van der Waals surface area contributed by atoms with Crippen molar-refractivity contribution in [2.45, 2.75) is 33.1 Å². The van der Waals surface area contributed by atoms with Crippen LogP contribution in [0.25, 0.3) is 0 Å². The second kappa shape index (κ2) is 9.77. The number of unbranched alkanes of at least 4 members (excludes halogenated alkanes) is 2. The Morgan fingerprint density at radius 1 is 1.33 bits per heavy atom. The normalized spacial score (nSPS) is 12.1. The van der Waals surface area contributed by atoms with Crippen molar-refractivity contribution >= 4 is 5.96 Å².